The zero-order chi connectivity index (χ0) is 16.2. The molecule has 1 unspecified atom stereocenters. The van der Waals surface area contributed by atoms with Gasteiger partial charge in [0.15, 0.2) is 0 Å². The Morgan fingerprint density at radius 3 is 2.33 bits per heavy atom. The van der Waals surface area contributed by atoms with Crippen LogP contribution in [0.25, 0.3) is 0 Å². The molecule has 24 heavy (non-hydrogen) atoms. The molecule has 0 amide bonds. The van der Waals surface area contributed by atoms with E-state index in [9.17, 15) is 4.79 Å². The molecule has 1 atom stereocenters. The topological polar surface area (TPSA) is 67.6 Å². The highest BCUT2D eigenvalue weighted by Crippen LogP contribution is 2.05. The van der Waals surface area contributed by atoms with Gasteiger partial charge in [-0.25, -0.2) is 9.80 Å². The fourth-order valence-electron chi connectivity index (χ4n) is 2.04. The van der Waals surface area contributed by atoms with Gasteiger partial charge in [-0.3, -0.25) is 5.43 Å². The number of ether oxygens (including phenoxy) is 1. The number of halogens is 3. The number of carbonyl (C=O) groups is 1. The van der Waals surface area contributed by atoms with Crippen LogP contribution in [0.1, 0.15) is 31.7 Å². The number of hydrazine groups is 1. The third-order valence-electron chi connectivity index (χ3n) is 3.19. The number of benzene rings is 1. The summed E-state index contributed by atoms with van der Waals surface area (Å²) in [5.74, 6) is 0. The summed E-state index contributed by atoms with van der Waals surface area (Å²) in [4.78, 5) is 10.2. The summed E-state index contributed by atoms with van der Waals surface area (Å²) in [7, 11) is 0. The third-order valence-corrected chi connectivity index (χ3v) is 3.30. The van der Waals surface area contributed by atoms with Gasteiger partial charge < -0.3 is 10.5 Å². The molecule has 1 saturated heterocycles. The lowest BCUT2D eigenvalue weighted by molar-refractivity contribution is 0.152. The van der Waals surface area contributed by atoms with Gasteiger partial charge in [-0.05, 0) is 25.3 Å². The van der Waals surface area contributed by atoms with Gasteiger partial charge in [0, 0.05) is 37.3 Å². The Kier molecular flexibility index (Phi) is 17.1. The number of nitrogens with two attached hydrogens (primary N) is 1. The summed E-state index contributed by atoms with van der Waals surface area (Å²) in [5.41, 5.74) is 9.11. The van der Waals surface area contributed by atoms with Crippen molar-refractivity contribution in [2.45, 2.75) is 38.8 Å². The second-order valence-electron chi connectivity index (χ2n) is 5.40. The molecule has 0 spiro atoms. The van der Waals surface area contributed by atoms with E-state index in [1.807, 2.05) is 37.3 Å². The number of piperidine rings is 1. The second-order valence-corrected chi connectivity index (χ2v) is 5.71. The van der Waals surface area contributed by atoms with Crippen LogP contribution in [0.4, 0.5) is 4.79 Å². The molecule has 0 bridgehead atoms. The molecule has 0 aliphatic carbocycles. The largest absolute Gasteiger partial charge is 0.449 e. The van der Waals surface area contributed by atoms with Crippen molar-refractivity contribution in [1.82, 2.24) is 10.4 Å². The highest BCUT2D eigenvalue weighted by Gasteiger charge is 2.08. The number of hydrogen-bond donors (Lipinski definition) is 2. The minimum atomic E-state index is -0.770. The van der Waals surface area contributed by atoms with Crippen molar-refractivity contribution in [3.8, 4) is 0 Å². The van der Waals surface area contributed by atoms with Gasteiger partial charge in [0.05, 0.1) is 0 Å². The molecule has 1 aromatic carbocycles. The molecule has 1 fully saturated rings. The summed E-state index contributed by atoms with van der Waals surface area (Å²) in [6.07, 6.45) is 4.04. The maximum atomic E-state index is 10.2. The van der Waals surface area contributed by atoms with E-state index in [0.29, 0.717) is 0 Å². The standard InChI is InChI=1S/C8H7ClO2.C8H19N3.2ClH/c9-8(10)11-6-7-4-2-1-3-5-7;1-8(9)7-10-11-5-3-2-4-6-11;;/h1-5H,6H2;8,10H,2-7,9H2,1H3;2*1H. The molecule has 140 valence electrons. The minimum absolute atomic E-state index is 0. The van der Waals surface area contributed by atoms with E-state index in [1.54, 1.807) is 0 Å². The van der Waals surface area contributed by atoms with Crippen molar-refractivity contribution in [3.63, 3.8) is 0 Å². The Labute approximate surface area is 162 Å². The fraction of sp³-hybridized carbons (Fsp3) is 0.562. The summed E-state index contributed by atoms with van der Waals surface area (Å²) in [6.45, 7) is 5.54. The van der Waals surface area contributed by atoms with Crippen molar-refractivity contribution in [2.75, 3.05) is 19.6 Å². The van der Waals surface area contributed by atoms with Crippen molar-refractivity contribution >= 4 is 41.8 Å². The molecule has 1 aliphatic rings. The molecule has 1 aliphatic heterocycles. The molecule has 1 aromatic rings. The predicted octanol–water partition coefficient (Wildman–Crippen LogP) is 3.73. The Balaban J connectivity index is 0. The van der Waals surface area contributed by atoms with Gasteiger partial charge in [-0.2, -0.15) is 0 Å². The van der Waals surface area contributed by atoms with Crippen LogP contribution in [0.5, 0.6) is 0 Å². The lowest BCUT2D eigenvalue weighted by Gasteiger charge is -2.27. The molecule has 0 aromatic heterocycles. The minimum Gasteiger partial charge on any atom is -0.449 e. The van der Waals surface area contributed by atoms with Crippen LogP contribution < -0.4 is 11.2 Å². The van der Waals surface area contributed by atoms with E-state index >= 15 is 0 Å². The SMILES string of the molecule is CC(N)CNN1CCCCC1.Cl.Cl.O=C(Cl)OCc1ccccc1. The van der Waals surface area contributed by atoms with Crippen molar-refractivity contribution < 1.29 is 9.53 Å². The highest BCUT2D eigenvalue weighted by molar-refractivity contribution is 6.61. The van der Waals surface area contributed by atoms with E-state index in [0.717, 1.165) is 12.1 Å². The molecule has 3 N–H and O–H groups in total. The van der Waals surface area contributed by atoms with Crippen molar-refractivity contribution in [2.24, 2.45) is 5.73 Å². The summed E-state index contributed by atoms with van der Waals surface area (Å²) in [5, 5.41) is 2.28. The van der Waals surface area contributed by atoms with E-state index in [-0.39, 0.29) is 37.5 Å². The molecular formula is C16H28Cl3N3O2. The molecule has 8 heteroatoms. The van der Waals surface area contributed by atoms with Gasteiger partial charge in [0.1, 0.15) is 6.61 Å². The Morgan fingerprint density at radius 1 is 1.25 bits per heavy atom. The molecule has 1 heterocycles. The van der Waals surface area contributed by atoms with Crippen molar-refractivity contribution in [3.05, 3.63) is 35.9 Å². The van der Waals surface area contributed by atoms with E-state index in [4.69, 9.17) is 17.3 Å². The maximum absolute atomic E-state index is 10.2. The number of rotatable bonds is 5. The average Bonchev–Trinajstić information content (AvgIpc) is 2.53. The maximum Gasteiger partial charge on any atom is 0.404 e. The Bertz CT molecular complexity index is 416. The first kappa shape index (κ1) is 25.7. The van der Waals surface area contributed by atoms with Gasteiger partial charge in [-0.15, -0.1) is 24.8 Å². The van der Waals surface area contributed by atoms with Gasteiger partial charge in [0.25, 0.3) is 0 Å². The second kappa shape index (κ2) is 15.9. The first-order valence-corrected chi connectivity index (χ1v) is 8.06. The third kappa shape index (κ3) is 13.8. The highest BCUT2D eigenvalue weighted by atomic mass is 35.5. The van der Waals surface area contributed by atoms with Crippen LogP contribution in [-0.4, -0.2) is 36.1 Å². The first-order chi connectivity index (χ1) is 10.6. The predicted molar refractivity (Wildman–Crippen MR) is 104 cm³/mol. The van der Waals surface area contributed by atoms with Gasteiger partial charge in [-0.1, -0.05) is 36.8 Å². The first-order valence-electron chi connectivity index (χ1n) is 7.68. The van der Waals surface area contributed by atoms with Crippen LogP contribution in [-0.2, 0) is 11.3 Å². The number of carbonyl (C=O) groups excluding carboxylic acids is 1. The number of nitrogens with zero attached hydrogens (tertiary/aromatic N) is 1. The lowest BCUT2D eigenvalue weighted by Crippen LogP contribution is -2.46. The van der Waals surface area contributed by atoms with Gasteiger partial charge >= 0.3 is 5.43 Å². The van der Waals surface area contributed by atoms with E-state index in [1.165, 1.54) is 32.4 Å². The monoisotopic (exact) mass is 399 g/mol. The Morgan fingerprint density at radius 2 is 1.83 bits per heavy atom. The van der Waals surface area contributed by atoms with Crippen LogP contribution >= 0.6 is 36.4 Å². The average molecular weight is 401 g/mol. The summed E-state index contributed by atoms with van der Waals surface area (Å²) >= 11 is 4.97. The van der Waals surface area contributed by atoms with Gasteiger partial charge in [0.2, 0.25) is 0 Å². The van der Waals surface area contributed by atoms with Crippen LogP contribution in [0.3, 0.4) is 0 Å². The van der Waals surface area contributed by atoms with Crippen LogP contribution in [0.2, 0.25) is 0 Å². The normalized spacial score (nSPS) is 15.0. The fourth-order valence-corrected chi connectivity index (χ4v) is 2.09. The molecule has 2 rings (SSSR count). The molecule has 0 saturated carbocycles. The smallest absolute Gasteiger partial charge is 0.404 e. The molecular weight excluding hydrogens is 373 g/mol. The zero-order valence-corrected chi connectivity index (χ0v) is 16.3. The van der Waals surface area contributed by atoms with Crippen LogP contribution in [0, 0.1) is 0 Å². The summed E-state index contributed by atoms with van der Waals surface area (Å²) in [6, 6.07) is 9.62. The summed E-state index contributed by atoms with van der Waals surface area (Å²) < 4.78 is 4.55. The number of nitrogens with one attached hydrogen (secondary N) is 1. The molecule has 0 radical (unpaired) electrons. The molecule has 5 nitrogen and oxygen atoms in total. The Hall–Kier alpha value is -0.560. The van der Waals surface area contributed by atoms with E-state index in [2.05, 4.69) is 15.2 Å². The van der Waals surface area contributed by atoms with E-state index < -0.39 is 5.43 Å². The van der Waals surface area contributed by atoms with Crippen LogP contribution in [0.15, 0.2) is 30.3 Å². The van der Waals surface area contributed by atoms with Crippen molar-refractivity contribution in [1.29, 1.82) is 0 Å². The quantitative estimate of drug-likeness (QED) is 0.737. The number of hydrogen-bond acceptors (Lipinski definition) is 5. The lowest BCUT2D eigenvalue weighted by atomic mass is 10.2. The zero-order valence-electron chi connectivity index (χ0n) is 13.9.